The number of ether oxygens (including phenoxy) is 1. The Morgan fingerprint density at radius 2 is 1.60 bits per heavy atom. The van der Waals surface area contributed by atoms with Crippen LogP contribution in [0.1, 0.15) is 23.1 Å². The van der Waals surface area contributed by atoms with Crippen molar-refractivity contribution in [2.45, 2.75) is 25.4 Å². The number of carboxylic acids is 1. The molecule has 0 radical (unpaired) electrons. The van der Waals surface area contributed by atoms with Crippen LogP contribution in [0.2, 0.25) is 0 Å². The number of rotatable bonds is 4. The number of carboxylic acid groups (broad SMARTS) is 1. The summed E-state index contributed by atoms with van der Waals surface area (Å²) >= 11 is 0. The van der Waals surface area contributed by atoms with Gasteiger partial charge in [0.15, 0.2) is 0 Å². The lowest BCUT2D eigenvalue weighted by molar-refractivity contribution is -0.142. The van der Waals surface area contributed by atoms with Gasteiger partial charge < -0.3 is 9.84 Å². The van der Waals surface area contributed by atoms with Gasteiger partial charge in [-0.3, -0.25) is 4.79 Å². The van der Waals surface area contributed by atoms with E-state index in [2.05, 4.69) is 0 Å². The van der Waals surface area contributed by atoms with E-state index in [0.29, 0.717) is 35.5 Å². The molecule has 0 aliphatic heterocycles. The highest BCUT2D eigenvalue weighted by Crippen LogP contribution is 2.34. The van der Waals surface area contributed by atoms with Crippen molar-refractivity contribution in [3.63, 3.8) is 0 Å². The van der Waals surface area contributed by atoms with Crippen molar-refractivity contribution in [1.29, 1.82) is 0 Å². The van der Waals surface area contributed by atoms with Crippen LogP contribution < -0.4 is 4.74 Å². The molecular weight excluding hydrogens is 393 g/mol. The average molecular weight is 412 g/mol. The maximum atomic E-state index is 13.0. The average Bonchev–Trinajstić information content (AvgIpc) is 2.73. The van der Waals surface area contributed by atoms with Crippen molar-refractivity contribution >= 4 is 5.97 Å². The molecule has 0 saturated carbocycles. The first-order chi connectivity index (χ1) is 14.3. The first-order valence-corrected chi connectivity index (χ1v) is 9.60. The molecule has 0 aromatic heterocycles. The topological polar surface area (TPSA) is 46.5 Å². The molecule has 1 unspecified atom stereocenters. The van der Waals surface area contributed by atoms with E-state index in [9.17, 15) is 23.1 Å². The summed E-state index contributed by atoms with van der Waals surface area (Å²) in [4.78, 5) is 11.3. The molecule has 1 N–H and O–H groups in total. The Balaban J connectivity index is 1.57. The third-order valence-electron chi connectivity index (χ3n) is 5.35. The first kappa shape index (κ1) is 20.0. The number of hydrogen-bond acceptors (Lipinski definition) is 2. The molecule has 4 rings (SSSR count). The summed E-state index contributed by atoms with van der Waals surface area (Å²) < 4.78 is 44.9. The van der Waals surface area contributed by atoms with E-state index in [4.69, 9.17) is 4.74 Å². The summed E-state index contributed by atoms with van der Waals surface area (Å²) in [5.41, 5.74) is 2.44. The zero-order valence-electron chi connectivity index (χ0n) is 15.9. The van der Waals surface area contributed by atoms with Gasteiger partial charge in [0.05, 0.1) is 11.5 Å². The molecule has 0 saturated heterocycles. The lowest BCUT2D eigenvalue weighted by Gasteiger charge is -2.22. The Morgan fingerprint density at radius 3 is 2.33 bits per heavy atom. The Hall–Kier alpha value is -3.28. The highest BCUT2D eigenvalue weighted by atomic mass is 19.4. The van der Waals surface area contributed by atoms with E-state index in [-0.39, 0.29) is 0 Å². The molecule has 0 fully saturated rings. The molecule has 6 heteroatoms. The monoisotopic (exact) mass is 412 g/mol. The fourth-order valence-corrected chi connectivity index (χ4v) is 3.76. The third-order valence-corrected chi connectivity index (χ3v) is 5.35. The highest BCUT2D eigenvalue weighted by Gasteiger charge is 2.30. The second-order valence-electron chi connectivity index (χ2n) is 7.42. The predicted octanol–water partition coefficient (Wildman–Crippen LogP) is 6.35. The van der Waals surface area contributed by atoms with Crippen molar-refractivity contribution in [3.05, 3.63) is 83.4 Å². The van der Waals surface area contributed by atoms with Gasteiger partial charge in [0.2, 0.25) is 0 Å². The summed E-state index contributed by atoms with van der Waals surface area (Å²) in [6, 6.07) is 17.7. The van der Waals surface area contributed by atoms with Gasteiger partial charge in [-0.1, -0.05) is 30.3 Å². The zero-order chi connectivity index (χ0) is 21.3. The van der Waals surface area contributed by atoms with Gasteiger partial charge in [0.25, 0.3) is 0 Å². The number of halogens is 3. The van der Waals surface area contributed by atoms with Crippen LogP contribution in [0.5, 0.6) is 11.5 Å². The lowest BCUT2D eigenvalue weighted by atomic mass is 9.84. The number of fused-ring (bicyclic) bond motifs is 1. The fraction of sp³-hybridized carbons (Fsp3) is 0.208. The van der Waals surface area contributed by atoms with Crippen LogP contribution in [0.3, 0.4) is 0 Å². The predicted molar refractivity (Wildman–Crippen MR) is 107 cm³/mol. The molecule has 1 aliphatic rings. The first-order valence-electron chi connectivity index (χ1n) is 9.60. The van der Waals surface area contributed by atoms with Crippen LogP contribution in [0, 0.1) is 5.92 Å². The quantitative estimate of drug-likeness (QED) is 0.543. The molecule has 1 atom stereocenters. The number of aliphatic carboxylic acids is 1. The van der Waals surface area contributed by atoms with Crippen LogP contribution in [0.15, 0.2) is 66.7 Å². The van der Waals surface area contributed by atoms with E-state index < -0.39 is 23.6 Å². The zero-order valence-corrected chi connectivity index (χ0v) is 15.9. The molecular formula is C24H19F3O3. The number of alkyl halides is 3. The minimum absolute atomic E-state index is 0.392. The second-order valence-corrected chi connectivity index (χ2v) is 7.42. The minimum Gasteiger partial charge on any atom is -0.481 e. The second kappa shape index (κ2) is 7.86. The van der Waals surface area contributed by atoms with Gasteiger partial charge in [-0.2, -0.15) is 13.2 Å². The Kier molecular flexibility index (Phi) is 5.24. The van der Waals surface area contributed by atoms with Gasteiger partial charge in [-0.05, 0) is 77.9 Å². The SMILES string of the molecule is O=C(O)C1CCc2ccc(Oc3cccc(-c4cccc(C(F)(F)F)c4)c3)cc2C1. The van der Waals surface area contributed by atoms with E-state index in [1.54, 1.807) is 30.3 Å². The molecule has 3 nitrogen and oxygen atoms in total. The van der Waals surface area contributed by atoms with Gasteiger partial charge in [-0.15, -0.1) is 0 Å². The minimum atomic E-state index is -4.40. The Bertz CT molecular complexity index is 1090. The summed E-state index contributed by atoms with van der Waals surface area (Å²) in [5, 5.41) is 9.28. The number of hydrogen-bond donors (Lipinski definition) is 1. The van der Waals surface area contributed by atoms with Crippen molar-refractivity contribution in [2.24, 2.45) is 5.92 Å². The van der Waals surface area contributed by atoms with Crippen molar-refractivity contribution in [1.82, 2.24) is 0 Å². The van der Waals surface area contributed by atoms with Gasteiger partial charge in [0.1, 0.15) is 11.5 Å². The number of aryl methyl sites for hydroxylation is 1. The lowest BCUT2D eigenvalue weighted by Crippen LogP contribution is -2.22. The molecule has 1 aliphatic carbocycles. The van der Waals surface area contributed by atoms with Crippen molar-refractivity contribution < 1.29 is 27.8 Å². The van der Waals surface area contributed by atoms with E-state index in [1.165, 1.54) is 6.07 Å². The van der Waals surface area contributed by atoms with Crippen LogP contribution >= 0.6 is 0 Å². The normalized spacial score (nSPS) is 16.0. The summed E-state index contributed by atoms with van der Waals surface area (Å²) in [5.74, 6) is -0.116. The van der Waals surface area contributed by atoms with Crippen molar-refractivity contribution in [2.75, 3.05) is 0 Å². The molecule has 154 valence electrons. The summed E-state index contributed by atoms with van der Waals surface area (Å²) in [7, 11) is 0. The summed E-state index contributed by atoms with van der Waals surface area (Å²) in [6.07, 6.45) is -2.59. The number of carbonyl (C=O) groups is 1. The van der Waals surface area contributed by atoms with Gasteiger partial charge in [0, 0.05) is 0 Å². The molecule has 3 aromatic rings. The van der Waals surface area contributed by atoms with Crippen LogP contribution in [-0.4, -0.2) is 11.1 Å². The Morgan fingerprint density at radius 1 is 0.900 bits per heavy atom. The van der Waals surface area contributed by atoms with Crippen LogP contribution in [0.25, 0.3) is 11.1 Å². The maximum absolute atomic E-state index is 13.0. The fourth-order valence-electron chi connectivity index (χ4n) is 3.76. The molecule has 0 bridgehead atoms. The van der Waals surface area contributed by atoms with E-state index in [1.807, 2.05) is 18.2 Å². The molecule has 0 amide bonds. The standard InChI is InChI=1S/C24H19F3O3/c25-24(26,27)20-5-1-3-16(12-20)17-4-2-6-21(13-17)30-22-10-9-15-7-8-18(23(28)29)11-19(15)14-22/h1-6,9-10,12-14,18H,7-8,11H2,(H,28,29). The van der Waals surface area contributed by atoms with Crippen LogP contribution in [-0.2, 0) is 23.8 Å². The highest BCUT2D eigenvalue weighted by molar-refractivity contribution is 5.71. The molecule has 30 heavy (non-hydrogen) atoms. The van der Waals surface area contributed by atoms with Gasteiger partial charge in [-0.25, -0.2) is 0 Å². The Labute approximate surface area is 171 Å². The number of benzene rings is 3. The van der Waals surface area contributed by atoms with Crippen LogP contribution in [0.4, 0.5) is 13.2 Å². The van der Waals surface area contributed by atoms with E-state index >= 15 is 0 Å². The summed E-state index contributed by atoms with van der Waals surface area (Å²) in [6.45, 7) is 0. The smallest absolute Gasteiger partial charge is 0.416 e. The van der Waals surface area contributed by atoms with E-state index in [0.717, 1.165) is 29.7 Å². The third kappa shape index (κ3) is 4.32. The maximum Gasteiger partial charge on any atom is 0.416 e. The molecule has 0 spiro atoms. The van der Waals surface area contributed by atoms with Crippen molar-refractivity contribution in [3.8, 4) is 22.6 Å². The van der Waals surface area contributed by atoms with Gasteiger partial charge >= 0.3 is 12.1 Å². The molecule has 3 aromatic carbocycles. The largest absolute Gasteiger partial charge is 0.481 e. The molecule has 0 heterocycles.